The van der Waals surface area contributed by atoms with Crippen LogP contribution in [-0.2, 0) is 30.1 Å². The highest BCUT2D eigenvalue weighted by Gasteiger charge is 2.31. The maximum atomic E-state index is 6.32. The summed E-state index contributed by atoms with van der Waals surface area (Å²) in [6.45, 7) is 8.34. The van der Waals surface area contributed by atoms with Crippen LogP contribution in [0.1, 0.15) is 43.3 Å². The van der Waals surface area contributed by atoms with Crippen molar-refractivity contribution in [3.05, 3.63) is 108 Å². The van der Waals surface area contributed by atoms with E-state index in [9.17, 15) is 0 Å². The SMILES string of the molecule is CCNc1nc[n+](Cc2ccc(OC)c(OCc3ccccc3)c2)c2nc(C(C)(C)OCc3ccccc3)[nH]c12. The summed E-state index contributed by atoms with van der Waals surface area (Å²) in [5, 5.41) is 3.35. The molecule has 8 nitrogen and oxygen atoms in total. The number of benzene rings is 3. The standard InChI is InChI=1S/C32H35N5O3/c1-5-33-29-28-30(36-31(35-28)32(2,3)40-21-24-14-10-7-11-15-24)37(22-34-29)19-25-16-17-26(38-4)27(18-25)39-20-23-12-8-6-9-13-23/h6-18,22H,5,19-21H2,1-4H3,(H,33,35,36)/p+1. The Balaban J connectivity index is 1.43. The first kappa shape index (κ1) is 27.1. The van der Waals surface area contributed by atoms with Crippen molar-refractivity contribution in [2.45, 2.75) is 46.1 Å². The van der Waals surface area contributed by atoms with Crippen molar-refractivity contribution >= 4 is 17.0 Å². The molecule has 2 N–H and O–H groups in total. The van der Waals surface area contributed by atoms with Crippen LogP contribution < -0.4 is 19.4 Å². The number of rotatable bonds is 12. The van der Waals surface area contributed by atoms with Crippen LogP contribution in [0, 0.1) is 0 Å². The molecule has 8 heteroatoms. The number of nitrogens with one attached hydrogen (secondary N) is 2. The van der Waals surface area contributed by atoms with Gasteiger partial charge in [0.05, 0.1) is 20.3 Å². The molecule has 0 atom stereocenters. The number of hydrogen-bond donors (Lipinski definition) is 2. The molecule has 2 aromatic heterocycles. The monoisotopic (exact) mass is 538 g/mol. The average molecular weight is 539 g/mol. The van der Waals surface area contributed by atoms with Crippen LogP contribution in [0.2, 0.25) is 0 Å². The van der Waals surface area contributed by atoms with Crippen molar-refractivity contribution in [3.63, 3.8) is 0 Å². The third-order valence-electron chi connectivity index (χ3n) is 6.69. The molecule has 5 rings (SSSR count). The topological polar surface area (TPSA) is 85.2 Å². The summed E-state index contributed by atoms with van der Waals surface area (Å²) in [6, 6.07) is 26.2. The Morgan fingerprint density at radius 2 is 1.57 bits per heavy atom. The lowest BCUT2D eigenvalue weighted by atomic mass is 10.1. The van der Waals surface area contributed by atoms with Crippen LogP contribution in [0.15, 0.2) is 85.2 Å². The summed E-state index contributed by atoms with van der Waals surface area (Å²) < 4.78 is 20.1. The van der Waals surface area contributed by atoms with E-state index >= 15 is 0 Å². The number of H-pyrrole nitrogens is 1. The Morgan fingerprint density at radius 3 is 2.25 bits per heavy atom. The molecule has 0 unspecified atom stereocenters. The van der Waals surface area contributed by atoms with Gasteiger partial charge in [0.15, 0.2) is 17.0 Å². The molecule has 206 valence electrons. The molecule has 0 radical (unpaired) electrons. The molecule has 0 aliphatic rings. The molecule has 0 bridgehead atoms. The Morgan fingerprint density at radius 1 is 0.875 bits per heavy atom. The van der Waals surface area contributed by atoms with Gasteiger partial charge in [0.1, 0.15) is 12.2 Å². The van der Waals surface area contributed by atoms with E-state index in [-0.39, 0.29) is 0 Å². The van der Waals surface area contributed by atoms with E-state index in [1.165, 1.54) is 0 Å². The highest BCUT2D eigenvalue weighted by molar-refractivity contribution is 5.80. The van der Waals surface area contributed by atoms with Crippen LogP contribution in [-0.4, -0.2) is 28.6 Å². The molecule has 0 aliphatic heterocycles. The first-order valence-corrected chi connectivity index (χ1v) is 13.5. The van der Waals surface area contributed by atoms with Gasteiger partial charge in [-0.3, -0.25) is 0 Å². The van der Waals surface area contributed by atoms with Crippen molar-refractivity contribution in [2.24, 2.45) is 0 Å². The molecule has 40 heavy (non-hydrogen) atoms. The number of fused-ring (bicyclic) bond motifs is 1. The molecule has 3 aromatic carbocycles. The van der Waals surface area contributed by atoms with Gasteiger partial charge in [-0.25, -0.2) is 4.57 Å². The zero-order valence-corrected chi connectivity index (χ0v) is 23.5. The summed E-state index contributed by atoms with van der Waals surface area (Å²) >= 11 is 0. The van der Waals surface area contributed by atoms with E-state index in [2.05, 4.69) is 22.4 Å². The summed E-state index contributed by atoms with van der Waals surface area (Å²) in [5.74, 6) is 2.87. The Bertz CT molecular complexity index is 1550. The molecular formula is C32H36N5O3+. The Hall–Kier alpha value is -4.43. The van der Waals surface area contributed by atoms with Crippen molar-refractivity contribution in [2.75, 3.05) is 19.0 Å². The van der Waals surface area contributed by atoms with Crippen molar-refractivity contribution in [1.82, 2.24) is 15.0 Å². The third kappa shape index (κ3) is 6.24. The molecule has 2 heterocycles. The zero-order chi connectivity index (χ0) is 28.0. The lowest BCUT2D eigenvalue weighted by molar-refractivity contribution is -0.667. The zero-order valence-electron chi connectivity index (χ0n) is 23.5. The second-order valence-corrected chi connectivity index (χ2v) is 10.1. The van der Waals surface area contributed by atoms with Crippen LogP contribution in [0.3, 0.4) is 0 Å². The minimum atomic E-state index is -0.644. The molecule has 0 aliphatic carbocycles. The average Bonchev–Trinajstić information content (AvgIpc) is 3.45. The maximum absolute atomic E-state index is 6.32. The smallest absolute Gasteiger partial charge is 0.294 e. The highest BCUT2D eigenvalue weighted by Crippen LogP contribution is 2.30. The number of aromatic nitrogens is 4. The summed E-state index contributed by atoms with van der Waals surface area (Å²) in [5.41, 5.74) is 4.23. The van der Waals surface area contributed by atoms with Crippen LogP contribution in [0.25, 0.3) is 11.2 Å². The fourth-order valence-corrected chi connectivity index (χ4v) is 4.46. The molecule has 0 fully saturated rings. The van der Waals surface area contributed by atoms with E-state index < -0.39 is 5.60 Å². The summed E-state index contributed by atoms with van der Waals surface area (Å²) in [4.78, 5) is 13.2. The number of hydrogen-bond acceptors (Lipinski definition) is 6. The quantitative estimate of drug-likeness (QED) is 0.196. The number of aromatic amines is 1. The largest absolute Gasteiger partial charge is 0.493 e. The third-order valence-corrected chi connectivity index (χ3v) is 6.69. The lowest BCUT2D eigenvalue weighted by Gasteiger charge is -2.21. The summed E-state index contributed by atoms with van der Waals surface area (Å²) in [6.07, 6.45) is 1.82. The second-order valence-electron chi connectivity index (χ2n) is 10.1. The van der Waals surface area contributed by atoms with Gasteiger partial charge in [0, 0.05) is 6.54 Å². The molecule has 0 saturated heterocycles. The van der Waals surface area contributed by atoms with Gasteiger partial charge in [-0.1, -0.05) is 76.7 Å². The van der Waals surface area contributed by atoms with Gasteiger partial charge in [-0.2, -0.15) is 0 Å². The lowest BCUT2D eigenvalue weighted by Crippen LogP contribution is -2.36. The molecule has 0 saturated carbocycles. The fraction of sp³-hybridized carbons (Fsp3) is 0.281. The molecule has 5 aromatic rings. The normalized spacial score (nSPS) is 11.5. The van der Waals surface area contributed by atoms with Gasteiger partial charge in [-0.05, 0) is 49.6 Å². The number of nitrogens with zero attached hydrogens (tertiary/aromatic N) is 3. The predicted octanol–water partition coefficient (Wildman–Crippen LogP) is 5.77. The van der Waals surface area contributed by atoms with Crippen molar-refractivity contribution in [3.8, 4) is 11.5 Å². The van der Waals surface area contributed by atoms with Gasteiger partial charge in [0.25, 0.3) is 5.65 Å². The van der Waals surface area contributed by atoms with Gasteiger partial charge in [0.2, 0.25) is 18.0 Å². The van der Waals surface area contributed by atoms with Gasteiger partial charge < -0.3 is 24.5 Å². The van der Waals surface area contributed by atoms with Gasteiger partial charge in [-0.15, -0.1) is 0 Å². The summed E-state index contributed by atoms with van der Waals surface area (Å²) in [7, 11) is 1.65. The minimum Gasteiger partial charge on any atom is -0.493 e. The molecule has 0 spiro atoms. The number of methoxy groups -OCH3 is 1. The molecular weight excluding hydrogens is 502 g/mol. The van der Waals surface area contributed by atoms with Crippen molar-refractivity contribution < 1.29 is 18.8 Å². The number of ether oxygens (including phenoxy) is 3. The van der Waals surface area contributed by atoms with Crippen LogP contribution in [0.5, 0.6) is 11.5 Å². The first-order valence-electron chi connectivity index (χ1n) is 13.5. The van der Waals surface area contributed by atoms with E-state index in [0.717, 1.165) is 46.0 Å². The minimum absolute atomic E-state index is 0.456. The van der Waals surface area contributed by atoms with Crippen LogP contribution in [0.4, 0.5) is 5.82 Å². The maximum Gasteiger partial charge on any atom is 0.294 e. The van der Waals surface area contributed by atoms with E-state index in [4.69, 9.17) is 24.2 Å². The number of imidazole rings is 1. The highest BCUT2D eigenvalue weighted by atomic mass is 16.5. The predicted molar refractivity (Wildman–Crippen MR) is 155 cm³/mol. The van der Waals surface area contributed by atoms with E-state index in [1.807, 2.05) is 98.4 Å². The number of anilines is 1. The van der Waals surface area contributed by atoms with E-state index in [1.54, 1.807) is 7.11 Å². The second kappa shape index (κ2) is 12.2. The molecule has 0 amide bonds. The fourth-order valence-electron chi connectivity index (χ4n) is 4.46. The van der Waals surface area contributed by atoms with Crippen LogP contribution >= 0.6 is 0 Å². The van der Waals surface area contributed by atoms with Crippen molar-refractivity contribution in [1.29, 1.82) is 0 Å². The Labute approximate surface area is 235 Å². The Kier molecular flexibility index (Phi) is 8.26. The van der Waals surface area contributed by atoms with E-state index in [0.29, 0.717) is 31.3 Å². The van der Waals surface area contributed by atoms with Gasteiger partial charge >= 0.3 is 0 Å². The first-order chi connectivity index (χ1) is 19.5.